The molecular weight excluding hydrogens is 662 g/mol. The molecule has 2 atom stereocenters. The lowest BCUT2D eigenvalue weighted by Gasteiger charge is -2.34. The van der Waals surface area contributed by atoms with Crippen LogP contribution in [0.5, 0.6) is 5.75 Å². The van der Waals surface area contributed by atoms with E-state index in [0.717, 1.165) is 24.5 Å². The summed E-state index contributed by atoms with van der Waals surface area (Å²) in [5.41, 5.74) is 0.612. The molecule has 14 heteroatoms. The van der Waals surface area contributed by atoms with Gasteiger partial charge in [-0.2, -0.15) is 0 Å². The Morgan fingerprint density at radius 2 is 1.79 bits per heavy atom. The van der Waals surface area contributed by atoms with Crippen molar-refractivity contribution in [1.29, 1.82) is 0 Å². The van der Waals surface area contributed by atoms with Crippen LogP contribution in [-0.4, -0.2) is 80.5 Å². The van der Waals surface area contributed by atoms with Crippen molar-refractivity contribution in [3.63, 3.8) is 0 Å². The summed E-state index contributed by atoms with van der Waals surface area (Å²) in [6.07, 6.45) is 5.78. The molecule has 0 unspecified atom stereocenters. The number of nitrogens with one attached hydrogen (secondary N) is 3. The van der Waals surface area contributed by atoms with Crippen LogP contribution < -0.4 is 20.7 Å². The first-order valence-corrected chi connectivity index (χ1v) is 17.6. The van der Waals surface area contributed by atoms with E-state index in [1.807, 2.05) is 61.7 Å². The number of aldehydes is 1. The summed E-state index contributed by atoms with van der Waals surface area (Å²) in [6, 6.07) is 12.1. The predicted octanol–water partition coefficient (Wildman–Crippen LogP) is 4.36. The van der Waals surface area contributed by atoms with E-state index in [1.165, 1.54) is 0 Å². The number of hydrogen-bond donors (Lipinski definition) is 3. The largest absolute Gasteiger partial charge is 0.480 e. The summed E-state index contributed by atoms with van der Waals surface area (Å²) in [4.78, 5) is 50.5. The molecule has 3 N–H and O–H groups in total. The zero-order valence-corrected chi connectivity index (χ0v) is 30.6. The van der Waals surface area contributed by atoms with Gasteiger partial charge in [-0.05, 0) is 29.8 Å². The Kier molecular flexibility index (Phi) is 10.4. The molecule has 1 aromatic carbocycles. The van der Waals surface area contributed by atoms with E-state index in [0.29, 0.717) is 60.9 Å². The van der Waals surface area contributed by atoms with E-state index >= 15 is 0 Å². The first-order chi connectivity index (χ1) is 24.7. The Morgan fingerprint density at radius 3 is 2.52 bits per heavy atom. The number of morpholine rings is 1. The number of fused-ring (bicyclic) bond motifs is 2. The quantitative estimate of drug-likeness (QED) is 0.159. The van der Waals surface area contributed by atoms with Crippen LogP contribution in [0.1, 0.15) is 82.5 Å². The summed E-state index contributed by atoms with van der Waals surface area (Å²) in [5, 5.41) is 17.2. The molecule has 1 aliphatic heterocycles. The summed E-state index contributed by atoms with van der Waals surface area (Å²) in [6.45, 7) is 15.9. The van der Waals surface area contributed by atoms with Gasteiger partial charge >= 0.3 is 6.03 Å². The van der Waals surface area contributed by atoms with Crippen LogP contribution in [0, 0.1) is 0 Å². The normalized spacial score (nSPS) is 19.2. The number of pyridine rings is 1. The average Bonchev–Trinajstić information content (AvgIpc) is 3.55. The average molecular weight is 710 g/mol. The van der Waals surface area contributed by atoms with Gasteiger partial charge in [-0.25, -0.2) is 14.8 Å². The van der Waals surface area contributed by atoms with E-state index in [1.54, 1.807) is 24.3 Å². The van der Waals surface area contributed by atoms with E-state index in [4.69, 9.17) is 9.47 Å². The first kappa shape index (κ1) is 36.6. The van der Waals surface area contributed by atoms with Gasteiger partial charge in [-0.3, -0.25) is 24.2 Å². The lowest BCUT2D eigenvalue weighted by atomic mass is 9.81. The van der Waals surface area contributed by atoms with Gasteiger partial charge in [0, 0.05) is 48.5 Å². The lowest BCUT2D eigenvalue weighted by molar-refractivity contribution is -0.121. The Balaban J connectivity index is 1.17. The molecule has 6 rings (SSSR count). The number of aromatic nitrogens is 5. The van der Waals surface area contributed by atoms with Crippen molar-refractivity contribution in [2.75, 3.05) is 38.2 Å². The maximum Gasteiger partial charge on any atom is 0.321 e. The third-order valence-corrected chi connectivity index (χ3v) is 9.05. The Bertz CT molecular complexity index is 1970. The highest BCUT2D eigenvalue weighted by molar-refractivity contribution is 5.92. The van der Waals surface area contributed by atoms with Crippen LogP contribution in [-0.2, 0) is 37.2 Å². The topological polar surface area (TPSA) is 165 Å². The number of anilines is 1. The highest BCUT2D eigenvalue weighted by atomic mass is 16.5. The van der Waals surface area contributed by atoms with Crippen molar-refractivity contribution in [3.05, 3.63) is 89.3 Å². The summed E-state index contributed by atoms with van der Waals surface area (Å²) in [5.74, 6) is 1.88. The minimum absolute atomic E-state index is 0.0970. The third kappa shape index (κ3) is 8.29. The number of benzene rings is 1. The highest BCUT2D eigenvalue weighted by Crippen LogP contribution is 2.37. The van der Waals surface area contributed by atoms with Crippen LogP contribution >= 0.6 is 0 Å². The fourth-order valence-corrected chi connectivity index (χ4v) is 6.21. The van der Waals surface area contributed by atoms with Gasteiger partial charge in [0.2, 0.25) is 5.91 Å². The third-order valence-electron chi connectivity index (χ3n) is 9.05. The molecule has 3 aromatic heterocycles. The fourth-order valence-electron chi connectivity index (χ4n) is 6.21. The number of amides is 3. The van der Waals surface area contributed by atoms with Crippen molar-refractivity contribution < 1.29 is 23.9 Å². The van der Waals surface area contributed by atoms with Crippen LogP contribution in [0.25, 0.3) is 5.65 Å². The molecule has 274 valence electrons. The van der Waals surface area contributed by atoms with Gasteiger partial charge in [0.15, 0.2) is 11.9 Å². The minimum atomic E-state index is -1.48. The van der Waals surface area contributed by atoms with Gasteiger partial charge in [-0.1, -0.05) is 65.8 Å². The molecule has 14 nitrogen and oxygen atoms in total. The smallest absolute Gasteiger partial charge is 0.321 e. The number of carbonyl (C=O) groups is 3. The standard InChI is InChI=1S/C38H47N9O5/c1-36(2,3)29-21-30(41-31(40-29)22-39-33(49)14-16-46-17-19-51-20-18-46)42-35(50)43-38(24-48)15-13-28(26-9-7-8-10-27(26)38)52-25-11-12-32-44-45-34(37(4,5)6)47(32)23-25/h7-13,15,21,23-24,28H,14,16-20,22H2,1-6H3,(H,39,49)(H2,40,41,42,43,50)/t28-,38-/m1/s1. The van der Waals surface area contributed by atoms with Gasteiger partial charge < -0.3 is 20.1 Å². The number of hydrogen-bond acceptors (Lipinski definition) is 10. The van der Waals surface area contributed by atoms with Crippen molar-refractivity contribution >= 4 is 29.7 Å². The summed E-state index contributed by atoms with van der Waals surface area (Å²) >= 11 is 0. The monoisotopic (exact) mass is 709 g/mol. The second-order valence-corrected chi connectivity index (χ2v) is 15.2. The summed E-state index contributed by atoms with van der Waals surface area (Å²) in [7, 11) is 0. The fraction of sp³-hybridized carbons (Fsp3) is 0.447. The molecule has 3 amide bonds. The van der Waals surface area contributed by atoms with Gasteiger partial charge in [0.05, 0.1) is 31.6 Å². The zero-order chi connectivity index (χ0) is 37.1. The zero-order valence-electron chi connectivity index (χ0n) is 30.6. The van der Waals surface area contributed by atoms with Crippen molar-refractivity contribution in [3.8, 4) is 5.75 Å². The van der Waals surface area contributed by atoms with Gasteiger partial charge in [-0.15, -0.1) is 10.2 Å². The number of rotatable bonds is 10. The molecule has 0 radical (unpaired) electrons. The molecule has 0 spiro atoms. The Hall–Kier alpha value is -5.21. The van der Waals surface area contributed by atoms with Crippen LogP contribution in [0.4, 0.5) is 10.6 Å². The van der Waals surface area contributed by atoms with E-state index in [-0.39, 0.29) is 29.1 Å². The van der Waals surface area contributed by atoms with Crippen molar-refractivity contribution in [2.24, 2.45) is 0 Å². The van der Waals surface area contributed by atoms with Gasteiger partial charge in [0.1, 0.15) is 34.9 Å². The number of nitrogens with zero attached hydrogens (tertiary/aromatic N) is 6. The second-order valence-electron chi connectivity index (χ2n) is 15.2. The number of carbonyl (C=O) groups excluding carboxylic acids is 3. The van der Waals surface area contributed by atoms with Crippen molar-refractivity contribution in [2.45, 2.75) is 77.0 Å². The second kappa shape index (κ2) is 14.8. The van der Waals surface area contributed by atoms with Crippen molar-refractivity contribution in [1.82, 2.24) is 40.1 Å². The van der Waals surface area contributed by atoms with Crippen LogP contribution in [0.2, 0.25) is 0 Å². The molecular formula is C38H47N9O5. The predicted molar refractivity (Wildman–Crippen MR) is 195 cm³/mol. The molecule has 2 aliphatic rings. The molecule has 0 saturated carbocycles. The van der Waals surface area contributed by atoms with Crippen LogP contribution in [0.15, 0.2) is 60.8 Å². The minimum Gasteiger partial charge on any atom is -0.480 e. The Labute approximate surface area is 303 Å². The van der Waals surface area contributed by atoms with Crippen LogP contribution in [0.3, 0.4) is 0 Å². The molecule has 1 fully saturated rings. The lowest BCUT2D eigenvalue weighted by Crippen LogP contribution is -2.49. The van der Waals surface area contributed by atoms with Gasteiger partial charge in [0.25, 0.3) is 0 Å². The van der Waals surface area contributed by atoms with E-state index < -0.39 is 17.7 Å². The maximum atomic E-state index is 13.6. The first-order valence-electron chi connectivity index (χ1n) is 17.6. The Morgan fingerprint density at radius 1 is 1.02 bits per heavy atom. The number of ether oxygens (including phenoxy) is 2. The van der Waals surface area contributed by atoms with E-state index in [9.17, 15) is 14.4 Å². The molecule has 0 bridgehead atoms. The SMILES string of the molecule is CC(C)(C)c1cc(NC(=O)N[C@@]2(C=O)C=C[C@@H](Oc3ccc4nnc(C(C)(C)C)n4c3)c3ccccc32)nc(CNC(=O)CCN2CCOCC2)n1. The molecule has 52 heavy (non-hydrogen) atoms. The molecule has 4 aromatic rings. The maximum absolute atomic E-state index is 13.6. The molecule has 1 saturated heterocycles. The molecule has 4 heterocycles. The number of urea groups is 1. The van der Waals surface area contributed by atoms with E-state index in [2.05, 4.69) is 61.8 Å². The summed E-state index contributed by atoms with van der Waals surface area (Å²) < 4.78 is 13.7. The highest BCUT2D eigenvalue weighted by Gasteiger charge is 2.38. The molecule has 1 aliphatic carbocycles.